The van der Waals surface area contributed by atoms with Gasteiger partial charge in [-0.25, -0.2) is 0 Å². The Morgan fingerprint density at radius 1 is 0.886 bits per heavy atom. The van der Waals surface area contributed by atoms with Gasteiger partial charge in [-0.1, -0.05) is 43.2 Å². The highest BCUT2D eigenvalue weighted by Gasteiger charge is 2.28. The van der Waals surface area contributed by atoms with E-state index >= 15 is 0 Å². The Morgan fingerprint density at radius 3 is 2.29 bits per heavy atom. The van der Waals surface area contributed by atoms with Gasteiger partial charge in [-0.2, -0.15) is 0 Å². The monoisotopic (exact) mass is 473 g/mol. The van der Waals surface area contributed by atoms with E-state index in [2.05, 4.69) is 5.32 Å². The Labute approximate surface area is 204 Å². The molecular weight excluding hydrogens is 442 g/mol. The normalized spacial score (nSPS) is 17.3. The summed E-state index contributed by atoms with van der Waals surface area (Å²) in [6, 6.07) is 12.7. The van der Waals surface area contributed by atoms with Crippen molar-refractivity contribution in [3.8, 4) is 0 Å². The zero-order valence-electron chi connectivity index (χ0n) is 19.8. The van der Waals surface area contributed by atoms with Crippen LogP contribution in [0.1, 0.15) is 89.1 Å². The van der Waals surface area contributed by atoms with E-state index in [1.54, 1.807) is 35.7 Å². The van der Waals surface area contributed by atoms with Gasteiger partial charge >= 0.3 is 0 Å². The minimum atomic E-state index is -0.556. The number of carbonyl (C=O) groups is 2. The van der Waals surface area contributed by atoms with Crippen molar-refractivity contribution >= 4 is 11.8 Å². The molecule has 1 atom stereocenters. The molecule has 5 rings (SSSR count). The first-order valence-corrected chi connectivity index (χ1v) is 12.6. The minimum absolute atomic E-state index is 0.00718. The highest BCUT2D eigenvalue weighted by molar-refractivity contribution is 5.99. The van der Waals surface area contributed by atoms with Gasteiger partial charge in [0.2, 0.25) is 5.43 Å². The summed E-state index contributed by atoms with van der Waals surface area (Å²) in [5, 5.41) is 2.99. The SMILES string of the molecule is O=C(N[C@@H](c1ccccc1)c1ccco1)c1cn(C2CCCC2)cc(C(=O)N2CCCCC2)c1=O. The predicted octanol–water partition coefficient (Wildman–Crippen LogP) is 4.70. The lowest BCUT2D eigenvalue weighted by atomic mass is 10.0. The van der Waals surface area contributed by atoms with Crippen molar-refractivity contribution in [2.45, 2.75) is 57.0 Å². The lowest BCUT2D eigenvalue weighted by molar-refractivity contribution is 0.0722. The molecular formula is C28H31N3O4. The summed E-state index contributed by atoms with van der Waals surface area (Å²) in [4.78, 5) is 42.2. The average molecular weight is 474 g/mol. The molecule has 1 aromatic carbocycles. The molecule has 1 aliphatic heterocycles. The van der Waals surface area contributed by atoms with Crippen LogP contribution in [0.3, 0.4) is 0 Å². The summed E-state index contributed by atoms with van der Waals surface area (Å²) in [5.74, 6) is -0.219. The van der Waals surface area contributed by atoms with Crippen LogP contribution in [0.2, 0.25) is 0 Å². The number of benzene rings is 1. The third kappa shape index (κ3) is 4.94. The van der Waals surface area contributed by atoms with Gasteiger partial charge in [0, 0.05) is 31.5 Å². The van der Waals surface area contributed by atoms with E-state index in [-0.39, 0.29) is 23.1 Å². The van der Waals surface area contributed by atoms with Gasteiger partial charge in [0.25, 0.3) is 11.8 Å². The van der Waals surface area contributed by atoms with Gasteiger partial charge in [0.05, 0.1) is 6.26 Å². The number of amides is 2. The van der Waals surface area contributed by atoms with Crippen molar-refractivity contribution in [3.05, 3.63) is 93.8 Å². The van der Waals surface area contributed by atoms with E-state index in [9.17, 15) is 14.4 Å². The van der Waals surface area contributed by atoms with Crippen LogP contribution in [0.15, 0.2) is 70.3 Å². The van der Waals surface area contributed by atoms with E-state index in [0.717, 1.165) is 50.5 Å². The van der Waals surface area contributed by atoms with Crippen LogP contribution in [-0.2, 0) is 0 Å². The van der Waals surface area contributed by atoms with Gasteiger partial charge in [-0.05, 0) is 49.8 Å². The van der Waals surface area contributed by atoms with Crippen molar-refractivity contribution < 1.29 is 14.0 Å². The Kier molecular flexibility index (Phi) is 6.84. The van der Waals surface area contributed by atoms with Crippen LogP contribution in [0.5, 0.6) is 0 Å². The molecule has 1 N–H and O–H groups in total. The van der Waals surface area contributed by atoms with Crippen LogP contribution < -0.4 is 10.7 Å². The van der Waals surface area contributed by atoms with Gasteiger partial charge < -0.3 is 19.2 Å². The Hall–Kier alpha value is -3.61. The molecule has 2 fully saturated rings. The summed E-state index contributed by atoms with van der Waals surface area (Å²) in [6.07, 6.45) is 12.0. The molecule has 2 aliphatic rings. The first-order chi connectivity index (χ1) is 17.1. The lowest BCUT2D eigenvalue weighted by Gasteiger charge is -2.27. The number of carbonyl (C=O) groups excluding carboxylic acids is 2. The van der Waals surface area contributed by atoms with Crippen LogP contribution in [0.25, 0.3) is 0 Å². The maximum Gasteiger partial charge on any atom is 0.259 e. The van der Waals surface area contributed by atoms with Gasteiger partial charge in [-0.3, -0.25) is 14.4 Å². The van der Waals surface area contributed by atoms with Gasteiger partial charge in [0.1, 0.15) is 22.9 Å². The highest BCUT2D eigenvalue weighted by Crippen LogP contribution is 2.30. The topological polar surface area (TPSA) is 84.6 Å². The molecule has 1 saturated heterocycles. The summed E-state index contributed by atoms with van der Waals surface area (Å²) >= 11 is 0. The highest BCUT2D eigenvalue weighted by atomic mass is 16.3. The largest absolute Gasteiger partial charge is 0.467 e. The third-order valence-corrected chi connectivity index (χ3v) is 7.15. The Balaban J connectivity index is 1.52. The fourth-order valence-corrected chi connectivity index (χ4v) is 5.22. The van der Waals surface area contributed by atoms with E-state index < -0.39 is 17.4 Å². The van der Waals surface area contributed by atoms with Gasteiger partial charge in [-0.15, -0.1) is 0 Å². The summed E-state index contributed by atoms with van der Waals surface area (Å²) in [7, 11) is 0. The first-order valence-electron chi connectivity index (χ1n) is 12.6. The number of rotatable bonds is 6. The molecule has 182 valence electrons. The molecule has 7 nitrogen and oxygen atoms in total. The number of likely N-dealkylation sites (tertiary alicyclic amines) is 1. The quantitative estimate of drug-likeness (QED) is 0.562. The zero-order chi connectivity index (χ0) is 24.2. The minimum Gasteiger partial charge on any atom is -0.467 e. The lowest BCUT2D eigenvalue weighted by Crippen LogP contribution is -2.40. The van der Waals surface area contributed by atoms with E-state index in [0.29, 0.717) is 18.8 Å². The molecule has 7 heteroatoms. The third-order valence-electron chi connectivity index (χ3n) is 7.15. The van der Waals surface area contributed by atoms with E-state index in [4.69, 9.17) is 4.42 Å². The van der Waals surface area contributed by atoms with Crippen molar-refractivity contribution in [1.29, 1.82) is 0 Å². The molecule has 0 unspecified atom stereocenters. The number of piperidine rings is 1. The number of pyridine rings is 1. The number of nitrogens with one attached hydrogen (secondary N) is 1. The molecule has 2 amide bonds. The number of hydrogen-bond acceptors (Lipinski definition) is 4. The molecule has 35 heavy (non-hydrogen) atoms. The molecule has 1 saturated carbocycles. The van der Waals surface area contributed by atoms with Crippen molar-refractivity contribution in [2.75, 3.05) is 13.1 Å². The predicted molar refractivity (Wildman–Crippen MR) is 132 cm³/mol. The first kappa shape index (κ1) is 23.1. The van der Waals surface area contributed by atoms with Crippen LogP contribution >= 0.6 is 0 Å². The number of nitrogens with zero attached hydrogens (tertiary/aromatic N) is 2. The molecule has 0 bridgehead atoms. The Bertz CT molecular complexity index is 1220. The molecule has 1 aliphatic carbocycles. The number of hydrogen-bond donors (Lipinski definition) is 1. The van der Waals surface area contributed by atoms with Crippen LogP contribution in [0.4, 0.5) is 0 Å². The zero-order valence-corrected chi connectivity index (χ0v) is 19.8. The summed E-state index contributed by atoms with van der Waals surface area (Å²) in [6.45, 7) is 1.29. The smallest absolute Gasteiger partial charge is 0.259 e. The fourth-order valence-electron chi connectivity index (χ4n) is 5.22. The van der Waals surface area contributed by atoms with Crippen LogP contribution in [0, 0.1) is 0 Å². The Morgan fingerprint density at radius 2 is 1.60 bits per heavy atom. The van der Waals surface area contributed by atoms with Gasteiger partial charge in [0.15, 0.2) is 0 Å². The summed E-state index contributed by atoms with van der Waals surface area (Å²) < 4.78 is 7.53. The van der Waals surface area contributed by atoms with Crippen LogP contribution in [-0.4, -0.2) is 34.4 Å². The second-order valence-electron chi connectivity index (χ2n) is 9.49. The molecule has 3 heterocycles. The number of furan rings is 1. The standard InChI is InChI=1S/C28H31N3O4/c32-26-22(27(33)29-25(24-14-9-17-35-24)20-10-3-1-4-11-20)18-31(21-12-5-6-13-21)19-23(26)28(34)30-15-7-2-8-16-30/h1,3-4,9-11,14,17-19,21,25H,2,5-8,12-13,15-16H2,(H,29,33)/t25-/m0/s1. The maximum atomic E-state index is 13.6. The van der Waals surface area contributed by atoms with Crippen molar-refractivity contribution in [1.82, 2.24) is 14.8 Å². The van der Waals surface area contributed by atoms with E-state index in [1.807, 2.05) is 34.9 Å². The maximum absolute atomic E-state index is 13.6. The molecule has 0 spiro atoms. The average Bonchev–Trinajstić information content (AvgIpc) is 3.63. The van der Waals surface area contributed by atoms with Crippen molar-refractivity contribution in [2.24, 2.45) is 0 Å². The van der Waals surface area contributed by atoms with Crippen molar-refractivity contribution in [3.63, 3.8) is 0 Å². The van der Waals surface area contributed by atoms with E-state index in [1.165, 1.54) is 0 Å². The fraction of sp³-hybridized carbons (Fsp3) is 0.393. The summed E-state index contributed by atoms with van der Waals surface area (Å²) in [5.41, 5.74) is 0.402. The molecule has 3 aromatic rings. The second kappa shape index (κ2) is 10.3. The second-order valence-corrected chi connectivity index (χ2v) is 9.49. The molecule has 2 aromatic heterocycles. The number of aromatic nitrogens is 1. The molecule has 0 radical (unpaired) electrons.